The molecule has 2 N–H and O–H groups in total. The summed E-state index contributed by atoms with van der Waals surface area (Å²) in [4.78, 5) is 23.4. The van der Waals surface area contributed by atoms with Gasteiger partial charge in [0, 0.05) is 13.6 Å². The molecule has 0 bridgehead atoms. The van der Waals surface area contributed by atoms with Crippen molar-refractivity contribution in [3.8, 4) is 0 Å². The summed E-state index contributed by atoms with van der Waals surface area (Å²) >= 11 is 0. The fourth-order valence-electron chi connectivity index (χ4n) is 2.37. The minimum atomic E-state index is -0.897. The summed E-state index contributed by atoms with van der Waals surface area (Å²) in [6.07, 6.45) is 4.32. The molecule has 1 aromatic rings. The molecule has 0 heterocycles. The van der Waals surface area contributed by atoms with Crippen molar-refractivity contribution in [1.82, 2.24) is 4.90 Å². The van der Waals surface area contributed by atoms with E-state index in [2.05, 4.69) is 18.2 Å². The van der Waals surface area contributed by atoms with Crippen molar-refractivity contribution in [2.75, 3.05) is 13.6 Å². The van der Waals surface area contributed by atoms with Crippen LogP contribution >= 0.6 is 0 Å². The number of nitrogens with two attached hydrogens (primary N) is 1. The Morgan fingerprint density at radius 3 is 2.72 bits per heavy atom. The van der Waals surface area contributed by atoms with Crippen LogP contribution in [0.3, 0.4) is 0 Å². The van der Waals surface area contributed by atoms with Crippen molar-refractivity contribution in [2.24, 2.45) is 5.73 Å². The second-order valence-electron chi connectivity index (χ2n) is 4.80. The highest BCUT2D eigenvalue weighted by Crippen LogP contribution is 2.22. The molecule has 96 valence electrons. The van der Waals surface area contributed by atoms with Gasteiger partial charge in [0.05, 0.1) is 0 Å². The minimum Gasteiger partial charge on any atom is -0.361 e. The summed E-state index contributed by atoms with van der Waals surface area (Å²) in [5, 5.41) is 0. The highest BCUT2D eigenvalue weighted by Gasteiger charge is 2.15. The normalized spacial score (nSPS) is 13.2. The van der Waals surface area contributed by atoms with Gasteiger partial charge in [-0.15, -0.1) is 0 Å². The van der Waals surface area contributed by atoms with E-state index in [4.69, 9.17) is 5.73 Å². The maximum Gasteiger partial charge on any atom is 0.311 e. The Morgan fingerprint density at radius 2 is 2.00 bits per heavy atom. The monoisotopic (exact) mass is 246 g/mol. The Kier molecular flexibility index (Phi) is 3.65. The van der Waals surface area contributed by atoms with Gasteiger partial charge in [0.1, 0.15) is 0 Å². The molecule has 1 aliphatic carbocycles. The number of carbonyl (C=O) groups is 2. The van der Waals surface area contributed by atoms with Crippen LogP contribution in [0.4, 0.5) is 0 Å². The summed E-state index contributed by atoms with van der Waals surface area (Å²) in [6.45, 7) is 0.514. The van der Waals surface area contributed by atoms with Gasteiger partial charge in [0.2, 0.25) is 0 Å². The number of benzene rings is 1. The number of nitrogens with zero attached hydrogens (tertiary/aromatic N) is 1. The molecule has 0 aliphatic heterocycles. The van der Waals surface area contributed by atoms with Crippen LogP contribution in [-0.4, -0.2) is 30.3 Å². The first-order chi connectivity index (χ1) is 8.58. The Hall–Kier alpha value is -1.84. The highest BCUT2D eigenvalue weighted by atomic mass is 16.2. The fraction of sp³-hybridized carbons (Fsp3) is 0.429. The van der Waals surface area contributed by atoms with E-state index in [1.54, 1.807) is 7.05 Å². The van der Waals surface area contributed by atoms with E-state index in [-0.39, 0.29) is 0 Å². The van der Waals surface area contributed by atoms with Crippen LogP contribution in [0.5, 0.6) is 0 Å². The first-order valence-corrected chi connectivity index (χ1v) is 6.23. The number of aryl methyl sites for hydroxylation is 2. The smallest absolute Gasteiger partial charge is 0.311 e. The lowest BCUT2D eigenvalue weighted by molar-refractivity contribution is -0.143. The molecule has 2 amide bonds. The summed E-state index contributed by atoms with van der Waals surface area (Å²) in [5.41, 5.74) is 9.03. The van der Waals surface area contributed by atoms with Crippen LogP contribution in [0.15, 0.2) is 18.2 Å². The van der Waals surface area contributed by atoms with Crippen molar-refractivity contribution in [1.29, 1.82) is 0 Å². The molecule has 1 aliphatic rings. The zero-order valence-electron chi connectivity index (χ0n) is 10.6. The largest absolute Gasteiger partial charge is 0.361 e. The average molecular weight is 246 g/mol. The predicted octanol–water partition coefficient (Wildman–Crippen LogP) is 0.662. The first kappa shape index (κ1) is 12.6. The van der Waals surface area contributed by atoms with Gasteiger partial charge in [0.25, 0.3) is 0 Å². The zero-order valence-corrected chi connectivity index (χ0v) is 10.6. The maximum atomic E-state index is 11.3. The molecule has 0 unspecified atom stereocenters. The molecule has 1 aromatic carbocycles. The lowest BCUT2D eigenvalue weighted by atomic mass is 10.0. The molecule has 0 atom stereocenters. The van der Waals surface area contributed by atoms with Gasteiger partial charge >= 0.3 is 11.8 Å². The number of primary amides is 1. The Labute approximate surface area is 107 Å². The molecule has 0 saturated heterocycles. The van der Waals surface area contributed by atoms with Crippen molar-refractivity contribution < 1.29 is 9.59 Å². The SMILES string of the molecule is CN(CCc1ccc2c(c1)CCC2)C(=O)C(N)=O. The quantitative estimate of drug-likeness (QED) is 0.796. The molecule has 4 nitrogen and oxygen atoms in total. The molecule has 0 fully saturated rings. The first-order valence-electron chi connectivity index (χ1n) is 6.23. The standard InChI is InChI=1S/C14H18N2O2/c1-16(14(18)13(15)17)8-7-10-5-6-11-3-2-4-12(11)9-10/h5-6,9H,2-4,7-8H2,1H3,(H2,15,17). The van der Waals surface area contributed by atoms with E-state index in [9.17, 15) is 9.59 Å². The molecule has 0 saturated carbocycles. The van der Waals surface area contributed by atoms with Crippen LogP contribution < -0.4 is 5.73 Å². The summed E-state index contributed by atoms with van der Waals surface area (Å²) < 4.78 is 0. The van der Waals surface area contributed by atoms with Crippen molar-refractivity contribution in [3.05, 3.63) is 34.9 Å². The fourth-order valence-corrected chi connectivity index (χ4v) is 2.37. The van der Waals surface area contributed by atoms with Crippen LogP contribution in [-0.2, 0) is 28.9 Å². The van der Waals surface area contributed by atoms with Crippen molar-refractivity contribution in [3.63, 3.8) is 0 Å². The topological polar surface area (TPSA) is 63.4 Å². The van der Waals surface area contributed by atoms with E-state index in [0.717, 1.165) is 12.8 Å². The number of carbonyl (C=O) groups excluding carboxylic acids is 2. The van der Waals surface area contributed by atoms with Gasteiger partial charge in [-0.25, -0.2) is 0 Å². The summed E-state index contributed by atoms with van der Waals surface area (Å²) in [6, 6.07) is 6.49. The van der Waals surface area contributed by atoms with Crippen molar-refractivity contribution >= 4 is 11.8 Å². The number of likely N-dealkylation sites (N-methyl/N-ethyl adjacent to an activating group) is 1. The Bertz CT molecular complexity index is 483. The highest BCUT2D eigenvalue weighted by molar-refractivity contribution is 6.34. The molecule has 18 heavy (non-hydrogen) atoms. The van der Waals surface area contributed by atoms with Gasteiger partial charge in [-0.3, -0.25) is 9.59 Å². The van der Waals surface area contributed by atoms with Gasteiger partial charge in [0.15, 0.2) is 0 Å². The lowest BCUT2D eigenvalue weighted by Gasteiger charge is -2.15. The molecular weight excluding hydrogens is 228 g/mol. The number of hydrogen-bond acceptors (Lipinski definition) is 2. The Morgan fingerprint density at radius 1 is 1.28 bits per heavy atom. The van der Waals surface area contributed by atoms with Crippen molar-refractivity contribution in [2.45, 2.75) is 25.7 Å². The Balaban J connectivity index is 1.94. The summed E-state index contributed by atoms with van der Waals surface area (Å²) in [5.74, 6) is -1.53. The maximum absolute atomic E-state index is 11.3. The molecule has 0 radical (unpaired) electrons. The molecule has 4 heteroatoms. The number of hydrogen-bond donors (Lipinski definition) is 1. The lowest BCUT2D eigenvalue weighted by Crippen LogP contribution is -2.38. The van der Waals surface area contributed by atoms with Crippen LogP contribution in [0.1, 0.15) is 23.1 Å². The minimum absolute atomic E-state index is 0.514. The number of rotatable bonds is 3. The third-order valence-corrected chi connectivity index (χ3v) is 3.46. The van der Waals surface area contributed by atoms with E-state index >= 15 is 0 Å². The molecule has 2 rings (SSSR count). The van der Waals surface area contributed by atoms with Gasteiger partial charge in [-0.2, -0.15) is 0 Å². The van der Waals surface area contributed by atoms with Crippen LogP contribution in [0.2, 0.25) is 0 Å². The van der Waals surface area contributed by atoms with Crippen LogP contribution in [0, 0.1) is 0 Å². The zero-order chi connectivity index (χ0) is 13.1. The average Bonchev–Trinajstić information content (AvgIpc) is 2.82. The van der Waals surface area contributed by atoms with Crippen LogP contribution in [0.25, 0.3) is 0 Å². The number of fused-ring (bicyclic) bond motifs is 1. The third kappa shape index (κ3) is 2.70. The predicted molar refractivity (Wildman–Crippen MR) is 69.0 cm³/mol. The second kappa shape index (κ2) is 5.21. The van der Waals surface area contributed by atoms with E-state index in [1.807, 2.05) is 0 Å². The van der Waals surface area contributed by atoms with Gasteiger partial charge in [-0.1, -0.05) is 18.2 Å². The molecular formula is C14H18N2O2. The third-order valence-electron chi connectivity index (χ3n) is 3.46. The second-order valence-corrected chi connectivity index (χ2v) is 4.80. The number of amides is 2. The van der Waals surface area contributed by atoms with E-state index in [0.29, 0.717) is 6.54 Å². The van der Waals surface area contributed by atoms with E-state index in [1.165, 1.54) is 34.4 Å². The van der Waals surface area contributed by atoms with Gasteiger partial charge in [-0.05, 0) is 42.4 Å². The molecule has 0 spiro atoms. The molecule has 0 aromatic heterocycles. The van der Waals surface area contributed by atoms with E-state index < -0.39 is 11.8 Å². The summed E-state index contributed by atoms with van der Waals surface area (Å²) in [7, 11) is 1.60. The van der Waals surface area contributed by atoms with Gasteiger partial charge < -0.3 is 10.6 Å².